The van der Waals surface area contributed by atoms with Crippen molar-refractivity contribution in [3.05, 3.63) is 0 Å². The number of rotatable bonds is 5. The average Bonchev–Trinajstić information content (AvgIpc) is 2.29. The highest BCUT2D eigenvalue weighted by molar-refractivity contribution is 5.81. The quantitative estimate of drug-likeness (QED) is 0.775. The van der Waals surface area contributed by atoms with Crippen LogP contribution in [0, 0.1) is 11.8 Å². The Labute approximate surface area is 106 Å². The van der Waals surface area contributed by atoms with E-state index in [4.69, 9.17) is 5.73 Å². The highest BCUT2D eigenvalue weighted by Gasteiger charge is 2.23. The van der Waals surface area contributed by atoms with Gasteiger partial charge in [0.25, 0.3) is 0 Å². The molecule has 0 aromatic heterocycles. The summed E-state index contributed by atoms with van der Waals surface area (Å²) in [5.74, 6) is 1.39. The van der Waals surface area contributed by atoms with Crippen LogP contribution in [0.3, 0.4) is 0 Å². The number of hydrogen-bond acceptors (Lipinski definition) is 2. The molecule has 1 aliphatic carbocycles. The molecule has 0 aromatic rings. The zero-order chi connectivity index (χ0) is 12.8. The zero-order valence-electron chi connectivity index (χ0n) is 11.5. The van der Waals surface area contributed by atoms with E-state index in [0.717, 1.165) is 25.2 Å². The van der Waals surface area contributed by atoms with Crippen molar-refractivity contribution in [2.45, 2.75) is 71.4 Å². The number of hydrogen-bond donors (Lipinski definition) is 2. The number of nitrogens with two attached hydrogens (primary N) is 1. The van der Waals surface area contributed by atoms with E-state index in [1.807, 2.05) is 0 Å². The maximum Gasteiger partial charge on any atom is 0.237 e. The van der Waals surface area contributed by atoms with E-state index in [-0.39, 0.29) is 11.9 Å². The van der Waals surface area contributed by atoms with Crippen LogP contribution in [0.2, 0.25) is 0 Å². The van der Waals surface area contributed by atoms with Crippen LogP contribution in [0.5, 0.6) is 0 Å². The summed E-state index contributed by atoms with van der Waals surface area (Å²) in [6.45, 7) is 6.45. The van der Waals surface area contributed by atoms with Gasteiger partial charge in [-0.05, 0) is 43.9 Å². The van der Waals surface area contributed by atoms with Gasteiger partial charge in [-0.15, -0.1) is 0 Å². The normalized spacial score (nSPS) is 26.9. The molecule has 0 heterocycles. The standard InChI is InChI=1S/C14H28N2O/c1-4-11-5-7-12(8-6-11)16-14(17)13(15)9-10(2)3/h10-13H,4-9,15H2,1-3H3,(H,16,17)/t11?,12?,13-/m0/s1. The van der Waals surface area contributed by atoms with Gasteiger partial charge in [0, 0.05) is 6.04 Å². The lowest BCUT2D eigenvalue weighted by molar-refractivity contribution is -0.123. The molecule has 3 N–H and O–H groups in total. The van der Waals surface area contributed by atoms with Gasteiger partial charge >= 0.3 is 0 Å². The molecule has 0 spiro atoms. The molecule has 0 aliphatic heterocycles. The molecule has 1 fully saturated rings. The molecule has 3 heteroatoms. The minimum atomic E-state index is -0.334. The first-order valence-electron chi connectivity index (χ1n) is 7.08. The Hall–Kier alpha value is -0.570. The van der Waals surface area contributed by atoms with Crippen LogP contribution < -0.4 is 11.1 Å². The van der Waals surface area contributed by atoms with Gasteiger partial charge in [0.05, 0.1) is 6.04 Å². The molecule has 1 atom stereocenters. The van der Waals surface area contributed by atoms with Gasteiger partial charge in [-0.1, -0.05) is 27.2 Å². The second kappa shape index (κ2) is 7.00. The molecule has 0 radical (unpaired) electrons. The Morgan fingerprint density at radius 1 is 1.29 bits per heavy atom. The molecule has 1 amide bonds. The monoisotopic (exact) mass is 240 g/mol. The predicted molar refractivity (Wildman–Crippen MR) is 71.6 cm³/mol. The molecule has 1 rings (SSSR count). The lowest BCUT2D eigenvalue weighted by Gasteiger charge is -2.29. The fraction of sp³-hybridized carbons (Fsp3) is 0.929. The number of carbonyl (C=O) groups is 1. The van der Waals surface area contributed by atoms with Crippen LogP contribution in [-0.2, 0) is 4.79 Å². The maximum absolute atomic E-state index is 11.9. The smallest absolute Gasteiger partial charge is 0.237 e. The van der Waals surface area contributed by atoms with E-state index in [0.29, 0.717) is 12.0 Å². The van der Waals surface area contributed by atoms with E-state index >= 15 is 0 Å². The van der Waals surface area contributed by atoms with Crippen molar-refractivity contribution in [1.82, 2.24) is 5.32 Å². The lowest BCUT2D eigenvalue weighted by Crippen LogP contribution is -2.46. The second-order valence-corrected chi connectivity index (χ2v) is 5.87. The van der Waals surface area contributed by atoms with Gasteiger partial charge in [0.2, 0.25) is 5.91 Å². The molecule has 1 aliphatic rings. The molecule has 17 heavy (non-hydrogen) atoms. The molecular weight excluding hydrogens is 212 g/mol. The van der Waals surface area contributed by atoms with Gasteiger partial charge in [0.15, 0.2) is 0 Å². The molecule has 3 nitrogen and oxygen atoms in total. The predicted octanol–water partition coefficient (Wildman–Crippen LogP) is 2.44. The van der Waals surface area contributed by atoms with Crippen LogP contribution in [0.15, 0.2) is 0 Å². The third-order valence-corrected chi connectivity index (χ3v) is 3.83. The van der Waals surface area contributed by atoms with E-state index in [1.165, 1.54) is 19.3 Å². The number of amides is 1. The summed E-state index contributed by atoms with van der Waals surface area (Å²) in [6, 6.07) is 0.0300. The van der Waals surface area contributed by atoms with Gasteiger partial charge in [-0.25, -0.2) is 0 Å². The summed E-state index contributed by atoms with van der Waals surface area (Å²) in [5.41, 5.74) is 5.88. The molecule has 0 aromatic carbocycles. The van der Waals surface area contributed by atoms with E-state index in [1.54, 1.807) is 0 Å². The molecule has 1 saturated carbocycles. The minimum absolute atomic E-state index is 0.0404. The van der Waals surface area contributed by atoms with Crippen LogP contribution in [0.4, 0.5) is 0 Å². The Morgan fingerprint density at radius 2 is 1.88 bits per heavy atom. The van der Waals surface area contributed by atoms with Gasteiger partial charge in [-0.2, -0.15) is 0 Å². The highest BCUT2D eigenvalue weighted by Crippen LogP contribution is 2.26. The summed E-state index contributed by atoms with van der Waals surface area (Å²) < 4.78 is 0. The Kier molecular flexibility index (Phi) is 5.96. The summed E-state index contributed by atoms with van der Waals surface area (Å²) in [6.07, 6.45) is 6.79. The molecule has 0 bridgehead atoms. The third-order valence-electron chi connectivity index (χ3n) is 3.83. The molecule has 0 saturated heterocycles. The Morgan fingerprint density at radius 3 is 2.35 bits per heavy atom. The van der Waals surface area contributed by atoms with Gasteiger partial charge in [-0.3, -0.25) is 4.79 Å². The van der Waals surface area contributed by atoms with Crippen molar-refractivity contribution in [1.29, 1.82) is 0 Å². The van der Waals surface area contributed by atoms with E-state index in [9.17, 15) is 4.79 Å². The van der Waals surface area contributed by atoms with Gasteiger partial charge in [0.1, 0.15) is 0 Å². The first-order chi connectivity index (χ1) is 8.02. The first kappa shape index (κ1) is 14.5. The van der Waals surface area contributed by atoms with E-state index < -0.39 is 0 Å². The summed E-state index contributed by atoms with van der Waals surface area (Å²) in [7, 11) is 0. The Bertz CT molecular complexity index is 232. The fourth-order valence-electron chi connectivity index (χ4n) is 2.64. The average molecular weight is 240 g/mol. The third kappa shape index (κ3) is 5.07. The van der Waals surface area contributed by atoms with Gasteiger partial charge < -0.3 is 11.1 Å². The minimum Gasteiger partial charge on any atom is -0.352 e. The van der Waals surface area contributed by atoms with Crippen molar-refractivity contribution < 1.29 is 4.79 Å². The van der Waals surface area contributed by atoms with Crippen LogP contribution in [-0.4, -0.2) is 18.0 Å². The molecular formula is C14H28N2O. The van der Waals surface area contributed by atoms with Crippen molar-refractivity contribution in [2.24, 2.45) is 17.6 Å². The van der Waals surface area contributed by atoms with Crippen molar-refractivity contribution in [3.8, 4) is 0 Å². The lowest BCUT2D eigenvalue weighted by atomic mass is 9.84. The van der Waals surface area contributed by atoms with Crippen LogP contribution in [0.1, 0.15) is 59.3 Å². The second-order valence-electron chi connectivity index (χ2n) is 5.87. The van der Waals surface area contributed by atoms with E-state index in [2.05, 4.69) is 26.1 Å². The maximum atomic E-state index is 11.9. The number of carbonyl (C=O) groups excluding carboxylic acids is 1. The zero-order valence-corrected chi connectivity index (χ0v) is 11.5. The van der Waals surface area contributed by atoms with Crippen LogP contribution in [0.25, 0.3) is 0 Å². The largest absolute Gasteiger partial charge is 0.352 e. The van der Waals surface area contributed by atoms with Crippen molar-refractivity contribution in [3.63, 3.8) is 0 Å². The topological polar surface area (TPSA) is 55.1 Å². The van der Waals surface area contributed by atoms with Crippen molar-refractivity contribution >= 4 is 5.91 Å². The summed E-state index contributed by atoms with van der Waals surface area (Å²) in [4.78, 5) is 11.9. The summed E-state index contributed by atoms with van der Waals surface area (Å²) >= 11 is 0. The SMILES string of the molecule is CCC1CCC(NC(=O)[C@@H](N)CC(C)C)CC1. The summed E-state index contributed by atoms with van der Waals surface area (Å²) in [5, 5.41) is 3.10. The first-order valence-corrected chi connectivity index (χ1v) is 7.08. The molecule has 100 valence electrons. The Balaban J connectivity index is 2.27. The number of nitrogens with one attached hydrogen (secondary N) is 1. The molecule has 0 unspecified atom stereocenters. The highest BCUT2D eigenvalue weighted by atomic mass is 16.2. The van der Waals surface area contributed by atoms with Crippen LogP contribution >= 0.6 is 0 Å². The van der Waals surface area contributed by atoms with Crippen molar-refractivity contribution in [2.75, 3.05) is 0 Å². The fourth-order valence-corrected chi connectivity index (χ4v) is 2.64.